The Kier molecular flexibility index (Phi) is 9.36. The number of rotatable bonds is 12. The molecule has 10 nitrogen and oxygen atoms in total. The fraction of sp³-hybridized carbons (Fsp3) is 0.269. The third kappa shape index (κ3) is 7.03. The predicted octanol–water partition coefficient (Wildman–Crippen LogP) is 3.61. The molecule has 3 aromatic carbocycles. The summed E-state index contributed by atoms with van der Waals surface area (Å²) in [6, 6.07) is 17.8. The van der Waals surface area contributed by atoms with E-state index in [0.717, 1.165) is 4.31 Å². The van der Waals surface area contributed by atoms with Gasteiger partial charge in [0.2, 0.25) is 15.9 Å². The van der Waals surface area contributed by atoms with Crippen LogP contribution in [0.25, 0.3) is 0 Å². The molecule has 0 aliphatic carbocycles. The van der Waals surface area contributed by atoms with Crippen molar-refractivity contribution in [3.8, 4) is 11.5 Å². The number of hydrogen-bond acceptors (Lipinski definition) is 7. The number of benzene rings is 3. The number of sulfonamides is 2. The largest absolute Gasteiger partial charge is 0.495 e. The van der Waals surface area contributed by atoms with Gasteiger partial charge in [-0.25, -0.2) is 21.6 Å². The van der Waals surface area contributed by atoms with Crippen LogP contribution < -0.4 is 23.8 Å². The van der Waals surface area contributed by atoms with E-state index in [-0.39, 0.29) is 33.0 Å². The van der Waals surface area contributed by atoms with Crippen molar-refractivity contribution in [2.75, 3.05) is 29.9 Å². The lowest BCUT2D eigenvalue weighted by atomic mass is 10.3. The van der Waals surface area contributed by atoms with E-state index in [2.05, 4.69) is 10.0 Å². The van der Waals surface area contributed by atoms with Crippen LogP contribution in [0.1, 0.15) is 20.8 Å². The van der Waals surface area contributed by atoms with E-state index in [1.165, 1.54) is 37.4 Å². The monoisotopic (exact) mass is 561 g/mol. The zero-order valence-electron chi connectivity index (χ0n) is 21.5. The van der Waals surface area contributed by atoms with Crippen molar-refractivity contribution in [1.29, 1.82) is 0 Å². The van der Waals surface area contributed by atoms with Crippen molar-refractivity contribution in [3.63, 3.8) is 0 Å². The lowest BCUT2D eigenvalue weighted by Gasteiger charge is -2.24. The summed E-state index contributed by atoms with van der Waals surface area (Å²) in [5, 5.41) is 2.59. The van der Waals surface area contributed by atoms with Crippen LogP contribution in [-0.2, 0) is 24.8 Å². The van der Waals surface area contributed by atoms with Gasteiger partial charge in [-0.2, -0.15) is 0 Å². The highest BCUT2D eigenvalue weighted by Gasteiger charge is 2.28. The Morgan fingerprint density at radius 3 is 2.13 bits per heavy atom. The van der Waals surface area contributed by atoms with Crippen molar-refractivity contribution in [2.45, 2.75) is 36.6 Å². The number of para-hydroxylation sites is 1. The fourth-order valence-electron chi connectivity index (χ4n) is 3.56. The van der Waals surface area contributed by atoms with Crippen molar-refractivity contribution >= 4 is 37.3 Å². The minimum absolute atomic E-state index is 0.0250. The van der Waals surface area contributed by atoms with Gasteiger partial charge in [-0.3, -0.25) is 9.10 Å². The Labute approximate surface area is 223 Å². The lowest BCUT2D eigenvalue weighted by Crippen LogP contribution is -2.38. The molecular weight excluding hydrogens is 530 g/mol. The number of anilines is 2. The number of nitrogens with zero attached hydrogens (tertiary/aromatic N) is 1. The Morgan fingerprint density at radius 2 is 1.55 bits per heavy atom. The first-order valence-corrected chi connectivity index (χ1v) is 14.7. The van der Waals surface area contributed by atoms with Crippen LogP contribution >= 0.6 is 0 Å². The van der Waals surface area contributed by atoms with Gasteiger partial charge in [-0.05, 0) is 75.4 Å². The van der Waals surface area contributed by atoms with Crippen LogP contribution in [0, 0.1) is 0 Å². The van der Waals surface area contributed by atoms with Crippen LogP contribution in [0.3, 0.4) is 0 Å². The molecular formula is C26H31N3O7S2. The van der Waals surface area contributed by atoms with E-state index in [1.807, 2.05) is 6.92 Å². The smallest absolute Gasteiger partial charge is 0.264 e. The molecule has 2 N–H and O–H groups in total. The van der Waals surface area contributed by atoms with Gasteiger partial charge in [-0.1, -0.05) is 18.2 Å². The SMILES string of the molecule is CCOc1ccc(S(=O)(=O)N(CC(=O)Nc2cc(S(=O)(=O)NC(C)C)ccc2OC)c2ccccc2)cc1. The van der Waals surface area contributed by atoms with Gasteiger partial charge in [0, 0.05) is 6.04 Å². The Hall–Kier alpha value is -3.61. The van der Waals surface area contributed by atoms with E-state index in [0.29, 0.717) is 12.4 Å². The molecule has 0 aromatic heterocycles. The summed E-state index contributed by atoms with van der Waals surface area (Å²) in [6.07, 6.45) is 0. The maximum Gasteiger partial charge on any atom is 0.264 e. The first-order chi connectivity index (χ1) is 18.0. The molecule has 0 atom stereocenters. The summed E-state index contributed by atoms with van der Waals surface area (Å²) < 4.78 is 66.6. The first-order valence-electron chi connectivity index (χ1n) is 11.8. The minimum Gasteiger partial charge on any atom is -0.495 e. The third-order valence-corrected chi connectivity index (χ3v) is 8.64. The second-order valence-electron chi connectivity index (χ2n) is 8.44. The molecule has 1 amide bonds. The quantitative estimate of drug-likeness (QED) is 0.345. The van der Waals surface area contributed by atoms with Gasteiger partial charge < -0.3 is 14.8 Å². The third-order valence-electron chi connectivity index (χ3n) is 5.20. The van der Waals surface area contributed by atoms with Crippen molar-refractivity contribution in [1.82, 2.24) is 4.72 Å². The van der Waals surface area contributed by atoms with Crippen molar-refractivity contribution < 1.29 is 31.1 Å². The maximum absolute atomic E-state index is 13.6. The van der Waals surface area contributed by atoms with Crippen molar-refractivity contribution in [2.24, 2.45) is 0 Å². The second-order valence-corrected chi connectivity index (χ2v) is 12.0. The molecule has 3 aromatic rings. The minimum atomic E-state index is -4.15. The van der Waals surface area contributed by atoms with Gasteiger partial charge in [0.05, 0.1) is 34.9 Å². The lowest BCUT2D eigenvalue weighted by molar-refractivity contribution is -0.114. The van der Waals surface area contributed by atoms with Crippen LogP contribution in [0.15, 0.2) is 82.6 Å². The van der Waals surface area contributed by atoms with Crippen LogP contribution in [0.4, 0.5) is 11.4 Å². The van der Waals surface area contributed by atoms with Crippen molar-refractivity contribution in [3.05, 3.63) is 72.8 Å². The normalized spacial score (nSPS) is 11.7. The average Bonchev–Trinajstić information content (AvgIpc) is 2.87. The highest BCUT2D eigenvalue weighted by molar-refractivity contribution is 7.92. The fourth-order valence-corrected chi connectivity index (χ4v) is 6.26. The van der Waals surface area contributed by atoms with Crippen LogP contribution in [-0.4, -0.2) is 49.0 Å². The zero-order valence-corrected chi connectivity index (χ0v) is 23.2. The maximum atomic E-state index is 13.6. The van der Waals surface area contributed by atoms with E-state index in [1.54, 1.807) is 56.3 Å². The number of methoxy groups -OCH3 is 1. The van der Waals surface area contributed by atoms with Gasteiger partial charge in [0.15, 0.2) is 0 Å². The second kappa shape index (κ2) is 12.3. The van der Waals surface area contributed by atoms with Gasteiger partial charge in [-0.15, -0.1) is 0 Å². The van der Waals surface area contributed by atoms with Crippen LogP contribution in [0.2, 0.25) is 0 Å². The molecule has 0 radical (unpaired) electrons. The summed E-state index contributed by atoms with van der Waals surface area (Å²) in [6.45, 7) is 5.05. The molecule has 0 heterocycles. The molecule has 204 valence electrons. The molecule has 0 fully saturated rings. The molecule has 3 rings (SSSR count). The molecule has 38 heavy (non-hydrogen) atoms. The van der Waals surface area contributed by atoms with E-state index < -0.39 is 32.5 Å². The number of ether oxygens (including phenoxy) is 2. The highest BCUT2D eigenvalue weighted by Crippen LogP contribution is 2.29. The van der Waals surface area contributed by atoms with E-state index in [4.69, 9.17) is 9.47 Å². The predicted molar refractivity (Wildman–Crippen MR) is 146 cm³/mol. The van der Waals surface area contributed by atoms with E-state index >= 15 is 0 Å². The number of amides is 1. The number of hydrogen-bond donors (Lipinski definition) is 2. The van der Waals surface area contributed by atoms with Crippen LogP contribution in [0.5, 0.6) is 11.5 Å². The zero-order chi connectivity index (χ0) is 27.9. The Bertz CT molecular complexity index is 1460. The molecule has 0 unspecified atom stereocenters. The molecule has 0 spiro atoms. The summed E-state index contributed by atoms with van der Waals surface area (Å²) >= 11 is 0. The number of carbonyl (C=O) groups excluding carboxylic acids is 1. The van der Waals surface area contributed by atoms with Gasteiger partial charge in [0.1, 0.15) is 18.0 Å². The molecule has 12 heteroatoms. The highest BCUT2D eigenvalue weighted by atomic mass is 32.2. The first kappa shape index (κ1) is 29.0. The average molecular weight is 562 g/mol. The molecule has 0 aliphatic heterocycles. The van der Waals surface area contributed by atoms with Gasteiger partial charge >= 0.3 is 0 Å². The molecule has 0 bridgehead atoms. The molecule has 0 saturated heterocycles. The van der Waals surface area contributed by atoms with Gasteiger partial charge in [0.25, 0.3) is 10.0 Å². The summed E-state index contributed by atoms with van der Waals surface area (Å²) in [7, 11) is -6.63. The summed E-state index contributed by atoms with van der Waals surface area (Å²) in [5.41, 5.74) is 0.358. The molecule has 0 saturated carbocycles. The topological polar surface area (TPSA) is 131 Å². The number of carbonyl (C=O) groups is 1. The summed E-state index contributed by atoms with van der Waals surface area (Å²) in [5.74, 6) is 0.0276. The molecule has 0 aliphatic rings. The Morgan fingerprint density at radius 1 is 0.921 bits per heavy atom. The summed E-state index contributed by atoms with van der Waals surface area (Å²) in [4.78, 5) is 13.1. The Balaban J connectivity index is 1.94. The standard InChI is InChI=1S/C26H31N3O7S2/c1-5-36-21-11-13-22(14-12-21)38(33,34)29(20-9-7-6-8-10-20)18-26(30)27-24-17-23(15-16-25(24)35-4)37(31,32)28-19(2)3/h6-17,19,28H,5,18H2,1-4H3,(H,27,30). The van der Waals surface area contributed by atoms with E-state index in [9.17, 15) is 21.6 Å². The number of nitrogens with one attached hydrogen (secondary N) is 2.